The molecule has 8 nitrogen and oxygen atoms in total. The maximum atomic E-state index is 12.8. The van der Waals surface area contributed by atoms with E-state index >= 15 is 0 Å². The van der Waals surface area contributed by atoms with Gasteiger partial charge in [0.1, 0.15) is 5.76 Å². The number of hydrogen-bond donors (Lipinski definition) is 1. The normalized spacial score (nSPS) is 20.0. The van der Waals surface area contributed by atoms with E-state index in [9.17, 15) is 13.2 Å². The van der Waals surface area contributed by atoms with Crippen molar-refractivity contribution in [3.05, 3.63) is 24.2 Å². The van der Waals surface area contributed by atoms with Gasteiger partial charge in [-0.2, -0.15) is 17.0 Å². The fraction of sp³-hybridized carbons (Fsp3) is 0.643. The van der Waals surface area contributed by atoms with Crippen molar-refractivity contribution in [3.8, 4) is 0 Å². The van der Waals surface area contributed by atoms with Crippen LogP contribution in [0.5, 0.6) is 0 Å². The summed E-state index contributed by atoms with van der Waals surface area (Å²) in [5.74, 6) is -1.10. The van der Waals surface area contributed by atoms with E-state index in [1.165, 1.54) is 22.0 Å². The largest absolute Gasteiger partial charge is 0.481 e. The number of nitrogens with zero attached hydrogens (tertiary/aromatic N) is 2. The molecule has 1 aliphatic heterocycles. The van der Waals surface area contributed by atoms with E-state index < -0.39 is 22.1 Å². The SMILES string of the molecule is COCCN(Cc1ccco1)S(=O)(=O)N1CCCC(C(=O)O)C1. The molecule has 0 radical (unpaired) electrons. The highest BCUT2D eigenvalue weighted by atomic mass is 32.2. The molecule has 130 valence electrons. The maximum Gasteiger partial charge on any atom is 0.307 e. The smallest absolute Gasteiger partial charge is 0.307 e. The zero-order valence-corrected chi connectivity index (χ0v) is 13.9. The maximum absolute atomic E-state index is 12.8. The molecule has 1 aliphatic rings. The number of methoxy groups -OCH3 is 1. The summed E-state index contributed by atoms with van der Waals surface area (Å²) < 4.78 is 38.4. The highest BCUT2D eigenvalue weighted by molar-refractivity contribution is 7.86. The second kappa shape index (κ2) is 7.91. The molecule has 0 aliphatic carbocycles. The van der Waals surface area contributed by atoms with Crippen LogP contribution in [0.3, 0.4) is 0 Å². The van der Waals surface area contributed by atoms with Crippen LogP contribution in [0.4, 0.5) is 0 Å². The molecular formula is C14H22N2O6S. The molecule has 0 amide bonds. The zero-order valence-electron chi connectivity index (χ0n) is 13.1. The summed E-state index contributed by atoms with van der Waals surface area (Å²) in [6.07, 6.45) is 2.52. The van der Waals surface area contributed by atoms with Crippen LogP contribution in [0, 0.1) is 5.92 Å². The van der Waals surface area contributed by atoms with E-state index in [2.05, 4.69) is 0 Å². The Kier molecular flexibility index (Phi) is 6.17. The van der Waals surface area contributed by atoms with Crippen LogP contribution in [0.25, 0.3) is 0 Å². The van der Waals surface area contributed by atoms with Crippen molar-refractivity contribution >= 4 is 16.2 Å². The van der Waals surface area contributed by atoms with Crippen molar-refractivity contribution in [2.45, 2.75) is 19.4 Å². The number of carboxylic acid groups (broad SMARTS) is 1. The van der Waals surface area contributed by atoms with Crippen LogP contribution in [-0.2, 0) is 26.3 Å². The van der Waals surface area contributed by atoms with Gasteiger partial charge in [0.05, 0.1) is 25.3 Å². The molecule has 0 saturated carbocycles. The molecule has 1 saturated heterocycles. The van der Waals surface area contributed by atoms with Crippen LogP contribution in [-0.4, -0.2) is 61.5 Å². The van der Waals surface area contributed by atoms with E-state index in [4.69, 9.17) is 14.3 Å². The highest BCUT2D eigenvalue weighted by Crippen LogP contribution is 2.22. The predicted molar refractivity (Wildman–Crippen MR) is 81.8 cm³/mol. The summed E-state index contributed by atoms with van der Waals surface area (Å²) in [6.45, 7) is 0.837. The Balaban J connectivity index is 2.15. The Morgan fingerprint density at radius 1 is 1.57 bits per heavy atom. The minimum absolute atomic E-state index is 0.000691. The van der Waals surface area contributed by atoms with Crippen LogP contribution in [0.15, 0.2) is 22.8 Å². The van der Waals surface area contributed by atoms with Crippen molar-refractivity contribution in [1.29, 1.82) is 0 Å². The number of piperidine rings is 1. The molecule has 0 spiro atoms. The van der Waals surface area contributed by atoms with Gasteiger partial charge in [0, 0.05) is 26.7 Å². The number of hydrogen-bond acceptors (Lipinski definition) is 5. The summed E-state index contributed by atoms with van der Waals surface area (Å²) in [4.78, 5) is 11.2. The third kappa shape index (κ3) is 4.54. The number of carboxylic acids is 1. The quantitative estimate of drug-likeness (QED) is 0.746. The van der Waals surface area contributed by atoms with Crippen molar-refractivity contribution in [2.75, 3.05) is 33.4 Å². The molecule has 1 aromatic heterocycles. The Labute approximate surface area is 135 Å². The Hall–Kier alpha value is -1.42. The number of rotatable bonds is 8. The van der Waals surface area contributed by atoms with Crippen LogP contribution in [0.1, 0.15) is 18.6 Å². The van der Waals surface area contributed by atoms with Crippen LogP contribution < -0.4 is 0 Å². The van der Waals surface area contributed by atoms with Gasteiger partial charge in [-0.1, -0.05) is 0 Å². The van der Waals surface area contributed by atoms with Gasteiger partial charge in [-0.15, -0.1) is 0 Å². The molecule has 0 bridgehead atoms. The van der Waals surface area contributed by atoms with Gasteiger partial charge >= 0.3 is 5.97 Å². The van der Waals surface area contributed by atoms with Crippen molar-refractivity contribution in [1.82, 2.24) is 8.61 Å². The first kappa shape index (κ1) is 17.9. The second-order valence-corrected chi connectivity index (χ2v) is 7.38. The topological polar surface area (TPSA) is 100 Å². The average molecular weight is 346 g/mol. The van der Waals surface area contributed by atoms with Gasteiger partial charge < -0.3 is 14.3 Å². The van der Waals surface area contributed by atoms with Gasteiger partial charge in [0.15, 0.2) is 0 Å². The number of aliphatic carboxylic acids is 1. The lowest BCUT2D eigenvalue weighted by Crippen LogP contribution is -2.49. The molecule has 9 heteroatoms. The third-order valence-electron chi connectivity index (χ3n) is 3.84. The summed E-state index contributed by atoms with van der Waals surface area (Å²) >= 11 is 0. The minimum Gasteiger partial charge on any atom is -0.481 e. The van der Waals surface area contributed by atoms with Crippen molar-refractivity contribution in [3.63, 3.8) is 0 Å². The monoisotopic (exact) mass is 346 g/mol. The van der Waals surface area contributed by atoms with Crippen molar-refractivity contribution < 1.29 is 27.5 Å². The summed E-state index contributed by atoms with van der Waals surface area (Å²) in [6, 6.07) is 3.39. The number of carbonyl (C=O) groups is 1. The molecule has 1 unspecified atom stereocenters. The lowest BCUT2D eigenvalue weighted by molar-refractivity contribution is -0.142. The van der Waals surface area contributed by atoms with Gasteiger partial charge in [-0.3, -0.25) is 4.79 Å². The summed E-state index contributed by atoms with van der Waals surface area (Å²) in [5.41, 5.74) is 0. The highest BCUT2D eigenvalue weighted by Gasteiger charge is 2.36. The Morgan fingerprint density at radius 3 is 2.96 bits per heavy atom. The first-order valence-electron chi connectivity index (χ1n) is 7.44. The first-order chi connectivity index (χ1) is 10.9. The first-order valence-corrected chi connectivity index (χ1v) is 8.84. The molecular weight excluding hydrogens is 324 g/mol. The van der Waals surface area contributed by atoms with E-state index in [0.717, 1.165) is 0 Å². The molecule has 23 heavy (non-hydrogen) atoms. The Bertz CT molecular complexity index is 601. The minimum atomic E-state index is -3.78. The molecule has 2 rings (SSSR count). The van der Waals surface area contributed by atoms with Gasteiger partial charge in [0.2, 0.25) is 0 Å². The van der Waals surface area contributed by atoms with Crippen molar-refractivity contribution in [2.24, 2.45) is 5.92 Å². The second-order valence-electron chi connectivity index (χ2n) is 5.45. The lowest BCUT2D eigenvalue weighted by atomic mass is 10.0. The summed E-state index contributed by atoms with van der Waals surface area (Å²) in [5, 5.41) is 9.14. The molecule has 1 N–H and O–H groups in total. The third-order valence-corrected chi connectivity index (χ3v) is 5.79. The fourth-order valence-corrected chi connectivity index (χ4v) is 4.21. The van der Waals surface area contributed by atoms with Gasteiger partial charge in [0.25, 0.3) is 10.2 Å². The van der Waals surface area contributed by atoms with Crippen LogP contribution in [0.2, 0.25) is 0 Å². The van der Waals surface area contributed by atoms with E-state index in [1.54, 1.807) is 12.1 Å². The predicted octanol–water partition coefficient (Wildman–Crippen LogP) is 0.769. The number of furan rings is 1. The molecule has 1 aromatic rings. The van der Waals surface area contributed by atoms with Gasteiger partial charge in [-0.25, -0.2) is 0 Å². The van der Waals surface area contributed by atoms with Gasteiger partial charge in [-0.05, 0) is 25.0 Å². The molecule has 0 aromatic carbocycles. The fourth-order valence-electron chi connectivity index (χ4n) is 2.56. The standard InChI is InChI=1S/C14H22N2O6S/c1-21-9-7-16(11-13-5-3-8-22-13)23(19,20)15-6-2-4-12(10-15)14(17)18/h3,5,8,12H,2,4,6-7,9-11H2,1H3,(H,17,18). The average Bonchev–Trinajstić information content (AvgIpc) is 3.04. The van der Waals surface area contributed by atoms with E-state index in [-0.39, 0.29) is 26.2 Å². The molecule has 1 fully saturated rings. The molecule has 1 atom stereocenters. The summed E-state index contributed by atoms with van der Waals surface area (Å²) in [7, 11) is -2.28. The zero-order chi connectivity index (χ0) is 16.9. The molecule has 2 heterocycles. The van der Waals surface area contributed by atoms with E-state index in [0.29, 0.717) is 25.1 Å². The lowest BCUT2D eigenvalue weighted by Gasteiger charge is -2.34. The van der Waals surface area contributed by atoms with Crippen LogP contribution >= 0.6 is 0 Å². The number of ether oxygens (including phenoxy) is 1. The van der Waals surface area contributed by atoms with E-state index in [1.807, 2.05) is 0 Å². The Morgan fingerprint density at radius 2 is 2.35 bits per heavy atom.